The molecule has 0 aliphatic rings. The first kappa shape index (κ1) is 13.5. The Morgan fingerprint density at radius 3 is 2.41 bits per heavy atom. The predicted octanol–water partition coefficient (Wildman–Crippen LogP) is 1.96. The first-order valence-electron chi connectivity index (χ1n) is 5.58. The van der Waals surface area contributed by atoms with Crippen molar-refractivity contribution in [2.45, 2.75) is 32.7 Å². The molecule has 0 aliphatic heterocycles. The number of carbonyl (C=O) groups excluding carboxylic acids is 1. The first-order valence-corrected chi connectivity index (χ1v) is 5.58. The molecule has 17 heavy (non-hydrogen) atoms. The molecule has 0 aromatic heterocycles. The first-order chi connectivity index (χ1) is 7.95. The van der Waals surface area contributed by atoms with E-state index in [4.69, 9.17) is 5.73 Å². The number of carbonyl (C=O) groups is 1. The molecule has 4 heteroatoms. The molecule has 0 heterocycles. The molecule has 0 radical (unpaired) electrons. The number of nitrogens with two attached hydrogens (primary N) is 1. The summed E-state index contributed by atoms with van der Waals surface area (Å²) in [6, 6.07) is 3.49. The Morgan fingerprint density at radius 1 is 1.41 bits per heavy atom. The third kappa shape index (κ3) is 3.46. The van der Waals surface area contributed by atoms with Gasteiger partial charge in [0.25, 0.3) is 0 Å². The molecule has 0 aliphatic carbocycles. The van der Waals surface area contributed by atoms with Crippen molar-refractivity contribution in [3.8, 4) is 5.75 Å². The van der Waals surface area contributed by atoms with E-state index in [1.165, 1.54) is 7.11 Å². The minimum absolute atomic E-state index is 0.216. The molecule has 4 nitrogen and oxygen atoms in total. The van der Waals surface area contributed by atoms with E-state index >= 15 is 0 Å². The SMILES string of the molecule is COC(=O)CCC(N)c1cc(C)c(O)c(C)c1. The number of hydrogen-bond donors (Lipinski definition) is 2. The summed E-state index contributed by atoms with van der Waals surface area (Å²) < 4.78 is 4.57. The maximum atomic E-state index is 11.0. The van der Waals surface area contributed by atoms with Gasteiger partial charge >= 0.3 is 5.97 Å². The lowest BCUT2D eigenvalue weighted by Crippen LogP contribution is -2.13. The highest BCUT2D eigenvalue weighted by Crippen LogP contribution is 2.26. The van der Waals surface area contributed by atoms with E-state index in [0.29, 0.717) is 18.6 Å². The average molecular weight is 237 g/mol. The van der Waals surface area contributed by atoms with Crippen LogP contribution in [0, 0.1) is 13.8 Å². The lowest BCUT2D eigenvalue weighted by molar-refractivity contribution is -0.140. The average Bonchev–Trinajstić information content (AvgIpc) is 2.31. The van der Waals surface area contributed by atoms with Crippen LogP contribution in [0.15, 0.2) is 12.1 Å². The Bertz CT molecular complexity index is 392. The third-order valence-corrected chi connectivity index (χ3v) is 2.83. The topological polar surface area (TPSA) is 72.5 Å². The highest BCUT2D eigenvalue weighted by atomic mass is 16.5. The number of aryl methyl sites for hydroxylation is 2. The van der Waals surface area contributed by atoms with Crippen molar-refractivity contribution >= 4 is 5.97 Å². The Kier molecular flexibility index (Phi) is 4.52. The van der Waals surface area contributed by atoms with Gasteiger partial charge < -0.3 is 15.6 Å². The molecule has 1 rings (SSSR count). The Morgan fingerprint density at radius 2 is 1.94 bits per heavy atom. The number of phenols is 1. The van der Waals surface area contributed by atoms with E-state index in [1.807, 2.05) is 26.0 Å². The van der Waals surface area contributed by atoms with Gasteiger partial charge in [-0.25, -0.2) is 0 Å². The molecule has 94 valence electrons. The van der Waals surface area contributed by atoms with E-state index in [2.05, 4.69) is 4.74 Å². The monoisotopic (exact) mass is 237 g/mol. The Hall–Kier alpha value is -1.55. The molecule has 0 saturated carbocycles. The van der Waals surface area contributed by atoms with E-state index < -0.39 is 0 Å². The molecule has 1 atom stereocenters. The second-order valence-electron chi connectivity index (χ2n) is 4.22. The van der Waals surface area contributed by atoms with Crippen LogP contribution >= 0.6 is 0 Å². The molecule has 0 saturated heterocycles. The van der Waals surface area contributed by atoms with Crippen LogP contribution in [0.1, 0.15) is 35.6 Å². The third-order valence-electron chi connectivity index (χ3n) is 2.83. The largest absolute Gasteiger partial charge is 0.507 e. The second-order valence-corrected chi connectivity index (χ2v) is 4.22. The van der Waals surface area contributed by atoms with Crippen LogP contribution in [0.4, 0.5) is 0 Å². The van der Waals surface area contributed by atoms with Crippen LogP contribution in [-0.4, -0.2) is 18.2 Å². The number of esters is 1. The summed E-state index contributed by atoms with van der Waals surface area (Å²) in [5, 5.41) is 9.65. The standard InChI is InChI=1S/C13H19NO3/c1-8-6-10(7-9(2)13(8)16)11(14)4-5-12(15)17-3/h6-7,11,16H,4-5,14H2,1-3H3. The normalized spacial score (nSPS) is 12.2. The zero-order chi connectivity index (χ0) is 13.0. The fraction of sp³-hybridized carbons (Fsp3) is 0.462. The van der Waals surface area contributed by atoms with Gasteiger partial charge in [0.05, 0.1) is 7.11 Å². The summed E-state index contributed by atoms with van der Waals surface area (Å²) in [6.45, 7) is 3.66. The van der Waals surface area contributed by atoms with Crippen molar-refractivity contribution in [3.63, 3.8) is 0 Å². The number of phenolic OH excluding ortho intramolecular Hbond substituents is 1. The van der Waals surface area contributed by atoms with Crippen molar-refractivity contribution in [1.82, 2.24) is 0 Å². The van der Waals surface area contributed by atoms with E-state index in [0.717, 1.165) is 16.7 Å². The van der Waals surface area contributed by atoms with Crippen LogP contribution in [0.5, 0.6) is 5.75 Å². The number of rotatable bonds is 4. The molecule has 0 spiro atoms. The minimum atomic E-state index is -0.257. The zero-order valence-corrected chi connectivity index (χ0v) is 10.5. The quantitative estimate of drug-likeness (QED) is 0.785. The van der Waals surface area contributed by atoms with Crippen molar-refractivity contribution < 1.29 is 14.6 Å². The molecular formula is C13H19NO3. The fourth-order valence-electron chi connectivity index (χ4n) is 1.75. The molecule has 1 aromatic carbocycles. The number of benzene rings is 1. The molecule has 0 amide bonds. The summed E-state index contributed by atoms with van der Waals surface area (Å²) in [6.07, 6.45) is 0.840. The predicted molar refractivity (Wildman–Crippen MR) is 65.8 cm³/mol. The van der Waals surface area contributed by atoms with Crippen molar-refractivity contribution in [2.75, 3.05) is 7.11 Å². The zero-order valence-electron chi connectivity index (χ0n) is 10.5. The second kappa shape index (κ2) is 5.68. The van der Waals surface area contributed by atoms with E-state index in [9.17, 15) is 9.90 Å². The molecule has 1 unspecified atom stereocenters. The number of methoxy groups -OCH3 is 1. The summed E-state index contributed by atoms with van der Waals surface area (Å²) in [5.74, 6) is 0.0431. The Labute approximate surface area is 101 Å². The van der Waals surface area contributed by atoms with Gasteiger partial charge in [-0.3, -0.25) is 4.79 Å². The van der Waals surface area contributed by atoms with Crippen LogP contribution in [-0.2, 0) is 9.53 Å². The number of ether oxygens (including phenoxy) is 1. The van der Waals surface area contributed by atoms with Gasteiger partial charge in [-0.2, -0.15) is 0 Å². The van der Waals surface area contributed by atoms with Crippen LogP contribution in [0.2, 0.25) is 0 Å². The summed E-state index contributed by atoms with van der Waals surface area (Å²) in [4.78, 5) is 11.0. The molecule has 3 N–H and O–H groups in total. The molecule has 1 aromatic rings. The summed E-state index contributed by atoms with van der Waals surface area (Å²) >= 11 is 0. The fourth-order valence-corrected chi connectivity index (χ4v) is 1.75. The van der Waals surface area contributed by atoms with Gasteiger partial charge in [-0.15, -0.1) is 0 Å². The van der Waals surface area contributed by atoms with E-state index in [-0.39, 0.29) is 12.0 Å². The Balaban J connectivity index is 2.76. The number of aromatic hydroxyl groups is 1. The molecule has 0 fully saturated rings. The van der Waals surface area contributed by atoms with Gasteiger partial charge in [0, 0.05) is 12.5 Å². The van der Waals surface area contributed by atoms with Crippen molar-refractivity contribution in [3.05, 3.63) is 28.8 Å². The van der Waals surface area contributed by atoms with Crippen LogP contribution < -0.4 is 5.73 Å². The van der Waals surface area contributed by atoms with Gasteiger partial charge in [0.2, 0.25) is 0 Å². The smallest absolute Gasteiger partial charge is 0.305 e. The highest BCUT2D eigenvalue weighted by Gasteiger charge is 2.12. The lowest BCUT2D eigenvalue weighted by atomic mass is 9.98. The van der Waals surface area contributed by atoms with Gasteiger partial charge in [0.15, 0.2) is 0 Å². The highest BCUT2D eigenvalue weighted by molar-refractivity contribution is 5.69. The molecule has 0 bridgehead atoms. The van der Waals surface area contributed by atoms with Crippen LogP contribution in [0.3, 0.4) is 0 Å². The van der Waals surface area contributed by atoms with Gasteiger partial charge in [-0.05, 0) is 37.0 Å². The van der Waals surface area contributed by atoms with E-state index in [1.54, 1.807) is 0 Å². The van der Waals surface area contributed by atoms with Gasteiger partial charge in [0.1, 0.15) is 5.75 Å². The maximum Gasteiger partial charge on any atom is 0.305 e. The lowest BCUT2D eigenvalue weighted by Gasteiger charge is -2.14. The maximum absolute atomic E-state index is 11.0. The summed E-state index contributed by atoms with van der Waals surface area (Å²) in [5.41, 5.74) is 8.53. The van der Waals surface area contributed by atoms with Gasteiger partial charge in [-0.1, -0.05) is 12.1 Å². The van der Waals surface area contributed by atoms with Crippen molar-refractivity contribution in [1.29, 1.82) is 0 Å². The number of hydrogen-bond acceptors (Lipinski definition) is 4. The van der Waals surface area contributed by atoms with Crippen LogP contribution in [0.25, 0.3) is 0 Å². The van der Waals surface area contributed by atoms with Crippen molar-refractivity contribution in [2.24, 2.45) is 5.73 Å². The minimum Gasteiger partial charge on any atom is -0.507 e. The summed E-state index contributed by atoms with van der Waals surface area (Å²) in [7, 11) is 1.36. The molecular weight excluding hydrogens is 218 g/mol.